The van der Waals surface area contributed by atoms with Gasteiger partial charge in [-0.25, -0.2) is 4.98 Å². The number of amides is 1. The molecule has 1 atom stereocenters. The van der Waals surface area contributed by atoms with E-state index >= 15 is 0 Å². The lowest BCUT2D eigenvalue weighted by atomic mass is 10.1. The Hall–Kier alpha value is -2.86. The standard InChI is InChI=1S/C25H30N2O3S/c1-6-19(4)27(25(28)20-8-11-22(29-5)12-9-20)14-21-16-31-24(26-21)15-30-23-10-7-17(2)18(3)13-23/h7-13,16,19H,6,14-15H2,1-5H3. The number of hydrogen-bond donors (Lipinski definition) is 0. The van der Waals surface area contributed by atoms with Gasteiger partial charge in [0.05, 0.1) is 19.3 Å². The van der Waals surface area contributed by atoms with Gasteiger partial charge in [0, 0.05) is 17.0 Å². The van der Waals surface area contributed by atoms with Gasteiger partial charge in [0.25, 0.3) is 5.91 Å². The summed E-state index contributed by atoms with van der Waals surface area (Å²) in [5.41, 5.74) is 3.98. The molecule has 3 aromatic rings. The molecule has 1 aromatic heterocycles. The minimum absolute atomic E-state index is 0.00191. The van der Waals surface area contributed by atoms with Crippen molar-refractivity contribution >= 4 is 17.2 Å². The number of benzene rings is 2. The minimum atomic E-state index is -0.00191. The van der Waals surface area contributed by atoms with Gasteiger partial charge in [-0.05, 0) is 74.7 Å². The van der Waals surface area contributed by atoms with Gasteiger partial charge in [-0.1, -0.05) is 13.0 Å². The molecule has 3 rings (SSSR count). The van der Waals surface area contributed by atoms with E-state index in [4.69, 9.17) is 14.5 Å². The summed E-state index contributed by atoms with van der Waals surface area (Å²) in [5, 5.41) is 2.91. The third kappa shape index (κ3) is 5.85. The van der Waals surface area contributed by atoms with Crippen LogP contribution in [0.15, 0.2) is 47.8 Å². The summed E-state index contributed by atoms with van der Waals surface area (Å²) in [7, 11) is 1.62. The van der Waals surface area contributed by atoms with Gasteiger partial charge in [0.15, 0.2) is 0 Å². The van der Waals surface area contributed by atoms with Crippen LogP contribution in [0.2, 0.25) is 0 Å². The molecule has 0 aliphatic rings. The molecule has 0 bridgehead atoms. The zero-order valence-electron chi connectivity index (χ0n) is 18.8. The molecule has 0 fully saturated rings. The van der Waals surface area contributed by atoms with Crippen molar-refractivity contribution in [3.05, 3.63) is 75.2 Å². The lowest BCUT2D eigenvalue weighted by molar-refractivity contribution is 0.0669. The van der Waals surface area contributed by atoms with E-state index in [9.17, 15) is 4.79 Å². The number of methoxy groups -OCH3 is 1. The summed E-state index contributed by atoms with van der Waals surface area (Å²) in [5.74, 6) is 1.58. The Balaban J connectivity index is 1.68. The summed E-state index contributed by atoms with van der Waals surface area (Å²) >= 11 is 1.56. The maximum Gasteiger partial charge on any atom is 0.254 e. The molecule has 0 aliphatic heterocycles. The van der Waals surface area contributed by atoms with Gasteiger partial charge in [0.1, 0.15) is 23.1 Å². The summed E-state index contributed by atoms with van der Waals surface area (Å²) in [6.45, 7) is 9.21. The number of ether oxygens (including phenoxy) is 2. The molecular formula is C25H30N2O3S. The Morgan fingerprint density at radius 2 is 1.81 bits per heavy atom. The number of aromatic nitrogens is 1. The number of nitrogens with zero attached hydrogens (tertiary/aromatic N) is 2. The van der Waals surface area contributed by atoms with Crippen molar-refractivity contribution in [2.75, 3.05) is 7.11 Å². The lowest BCUT2D eigenvalue weighted by Gasteiger charge is -2.28. The first-order valence-electron chi connectivity index (χ1n) is 10.5. The van der Waals surface area contributed by atoms with E-state index in [1.807, 2.05) is 34.5 Å². The van der Waals surface area contributed by atoms with Crippen LogP contribution in [0.1, 0.15) is 52.5 Å². The van der Waals surface area contributed by atoms with Crippen LogP contribution in [-0.4, -0.2) is 28.9 Å². The molecule has 2 aromatic carbocycles. The fourth-order valence-electron chi connectivity index (χ4n) is 3.16. The highest BCUT2D eigenvalue weighted by Gasteiger charge is 2.22. The molecule has 0 saturated carbocycles. The van der Waals surface area contributed by atoms with Crippen molar-refractivity contribution in [3.8, 4) is 11.5 Å². The molecule has 0 spiro atoms. The second-order valence-corrected chi connectivity index (χ2v) is 8.63. The van der Waals surface area contributed by atoms with Crippen molar-refractivity contribution in [1.29, 1.82) is 0 Å². The van der Waals surface area contributed by atoms with Crippen LogP contribution in [0.25, 0.3) is 0 Å². The van der Waals surface area contributed by atoms with Gasteiger partial charge >= 0.3 is 0 Å². The second-order valence-electron chi connectivity index (χ2n) is 7.69. The zero-order chi connectivity index (χ0) is 22.4. The van der Waals surface area contributed by atoms with E-state index in [1.165, 1.54) is 11.1 Å². The van der Waals surface area contributed by atoms with E-state index in [0.29, 0.717) is 18.7 Å². The average molecular weight is 439 g/mol. The number of carbonyl (C=O) groups is 1. The molecule has 1 amide bonds. The van der Waals surface area contributed by atoms with E-state index in [0.717, 1.165) is 28.6 Å². The van der Waals surface area contributed by atoms with Gasteiger partial charge in [-0.2, -0.15) is 0 Å². The molecule has 0 radical (unpaired) electrons. The monoisotopic (exact) mass is 438 g/mol. The minimum Gasteiger partial charge on any atom is -0.497 e. The number of hydrogen-bond acceptors (Lipinski definition) is 5. The van der Waals surface area contributed by atoms with Crippen molar-refractivity contribution in [3.63, 3.8) is 0 Å². The van der Waals surface area contributed by atoms with E-state index < -0.39 is 0 Å². The topological polar surface area (TPSA) is 51.7 Å². The Bertz CT molecular complexity index is 1010. The normalized spacial score (nSPS) is 11.8. The van der Waals surface area contributed by atoms with Crippen molar-refractivity contribution in [2.45, 2.75) is 53.3 Å². The maximum atomic E-state index is 13.2. The van der Waals surface area contributed by atoms with Gasteiger partial charge in [-0.15, -0.1) is 11.3 Å². The maximum absolute atomic E-state index is 13.2. The lowest BCUT2D eigenvalue weighted by Crippen LogP contribution is -2.37. The fourth-order valence-corrected chi connectivity index (χ4v) is 3.85. The highest BCUT2D eigenvalue weighted by Crippen LogP contribution is 2.21. The number of rotatable bonds is 9. The first-order valence-corrected chi connectivity index (χ1v) is 11.4. The molecule has 5 nitrogen and oxygen atoms in total. The number of thiazole rings is 1. The SMILES string of the molecule is CCC(C)N(Cc1csc(COc2ccc(C)c(C)c2)n1)C(=O)c1ccc(OC)cc1. The largest absolute Gasteiger partial charge is 0.497 e. The highest BCUT2D eigenvalue weighted by atomic mass is 32.1. The van der Waals surface area contributed by atoms with Gasteiger partial charge in [-0.3, -0.25) is 4.79 Å². The van der Waals surface area contributed by atoms with Crippen molar-refractivity contribution in [1.82, 2.24) is 9.88 Å². The van der Waals surface area contributed by atoms with Crippen LogP contribution in [0.5, 0.6) is 11.5 Å². The summed E-state index contributed by atoms with van der Waals surface area (Å²) in [4.78, 5) is 19.7. The molecule has 164 valence electrons. The van der Waals surface area contributed by atoms with Gasteiger partial charge in [0.2, 0.25) is 0 Å². The first kappa shape index (κ1) is 22.8. The fraction of sp³-hybridized carbons (Fsp3) is 0.360. The first-order chi connectivity index (χ1) is 14.9. The third-order valence-corrected chi connectivity index (χ3v) is 6.36. The Morgan fingerprint density at radius 1 is 1.10 bits per heavy atom. The summed E-state index contributed by atoms with van der Waals surface area (Å²) < 4.78 is 11.1. The predicted octanol–water partition coefficient (Wildman–Crippen LogP) is 5.79. The Kier molecular flexibility index (Phi) is 7.69. The van der Waals surface area contributed by atoms with Crippen LogP contribution in [0.3, 0.4) is 0 Å². The molecule has 0 N–H and O–H groups in total. The molecule has 0 saturated heterocycles. The van der Waals surface area contributed by atoms with E-state index in [2.05, 4.69) is 33.8 Å². The predicted molar refractivity (Wildman–Crippen MR) is 125 cm³/mol. The molecule has 1 heterocycles. The number of aryl methyl sites for hydroxylation is 2. The van der Waals surface area contributed by atoms with E-state index in [1.54, 1.807) is 30.6 Å². The van der Waals surface area contributed by atoms with Crippen molar-refractivity contribution in [2.24, 2.45) is 0 Å². The van der Waals surface area contributed by atoms with Crippen LogP contribution in [0.4, 0.5) is 0 Å². The molecule has 31 heavy (non-hydrogen) atoms. The number of carbonyl (C=O) groups excluding carboxylic acids is 1. The smallest absolute Gasteiger partial charge is 0.254 e. The van der Waals surface area contributed by atoms with Crippen molar-refractivity contribution < 1.29 is 14.3 Å². The Labute approximate surface area is 188 Å². The molecule has 1 unspecified atom stereocenters. The molecule has 0 aliphatic carbocycles. The zero-order valence-corrected chi connectivity index (χ0v) is 19.7. The highest BCUT2D eigenvalue weighted by molar-refractivity contribution is 7.09. The average Bonchev–Trinajstić information content (AvgIpc) is 3.25. The summed E-state index contributed by atoms with van der Waals surface area (Å²) in [6, 6.07) is 13.4. The van der Waals surface area contributed by atoms with E-state index in [-0.39, 0.29) is 11.9 Å². The Morgan fingerprint density at radius 3 is 2.45 bits per heavy atom. The summed E-state index contributed by atoms with van der Waals surface area (Å²) in [6.07, 6.45) is 0.870. The quantitative estimate of drug-likeness (QED) is 0.424. The molecular weight excluding hydrogens is 408 g/mol. The van der Waals surface area contributed by atoms with Crippen LogP contribution in [0, 0.1) is 13.8 Å². The molecule has 6 heteroatoms. The van der Waals surface area contributed by atoms with Crippen LogP contribution in [-0.2, 0) is 13.2 Å². The van der Waals surface area contributed by atoms with Crippen LogP contribution < -0.4 is 9.47 Å². The second kappa shape index (κ2) is 10.4. The van der Waals surface area contributed by atoms with Gasteiger partial charge < -0.3 is 14.4 Å². The third-order valence-electron chi connectivity index (χ3n) is 5.49. The van der Waals surface area contributed by atoms with Crippen LogP contribution >= 0.6 is 11.3 Å².